The summed E-state index contributed by atoms with van der Waals surface area (Å²) in [6.07, 6.45) is -1.88. The quantitative estimate of drug-likeness (QED) is 0.255. The third kappa shape index (κ3) is 5.58. The lowest BCUT2D eigenvalue weighted by molar-refractivity contribution is -0.155. The molecule has 3 fully saturated rings. The van der Waals surface area contributed by atoms with Gasteiger partial charge < -0.3 is 16.0 Å². The van der Waals surface area contributed by atoms with Crippen LogP contribution in [0.5, 0.6) is 0 Å². The highest BCUT2D eigenvalue weighted by atomic mass is 19.4. The number of amides is 3. The molecule has 0 aromatic carbocycles. The second-order valence-electron chi connectivity index (χ2n) is 11.9. The highest BCUT2D eigenvalue weighted by Gasteiger charge is 2.59. The van der Waals surface area contributed by atoms with Crippen LogP contribution in [0.25, 0.3) is 5.65 Å². The first-order valence-corrected chi connectivity index (χ1v) is 14.2. The van der Waals surface area contributed by atoms with Gasteiger partial charge >= 0.3 is 6.18 Å². The molecule has 3 amide bonds. The number of aromatic nitrogens is 5. The van der Waals surface area contributed by atoms with Crippen molar-refractivity contribution in [2.24, 2.45) is 11.3 Å². The molecular formula is C27H29F5N8O4. The lowest BCUT2D eigenvalue weighted by Gasteiger charge is -2.33. The molecule has 1 aliphatic heterocycles. The van der Waals surface area contributed by atoms with E-state index in [-0.39, 0.29) is 54.9 Å². The first-order chi connectivity index (χ1) is 20.8. The van der Waals surface area contributed by atoms with Gasteiger partial charge in [-0.25, -0.2) is 22.9 Å². The summed E-state index contributed by atoms with van der Waals surface area (Å²) in [6.45, 7) is 0. The van der Waals surface area contributed by atoms with Crippen LogP contribution in [0.1, 0.15) is 84.3 Å². The summed E-state index contributed by atoms with van der Waals surface area (Å²) in [4.78, 5) is 43.4. The fraction of sp³-hybridized carbons (Fsp3) is 0.593. The zero-order valence-electron chi connectivity index (χ0n) is 23.5. The number of carbonyl (C=O) groups is 3. The number of fused-ring (bicyclic) bond motifs is 1. The Hall–Kier alpha value is -4.18. The SMILES string of the molecule is CNC(=O)[C@]1(Cc2cnn3cc([C@@H](NC(=O)c4nonc4C4CC4)C4CCC(F)(F)CC4)nc3c2)C[C@@H](C(F)(F)F)NC1=O. The van der Waals surface area contributed by atoms with Gasteiger partial charge in [-0.15, -0.1) is 0 Å². The van der Waals surface area contributed by atoms with Gasteiger partial charge in [0.25, 0.3) is 5.91 Å². The minimum absolute atomic E-state index is 0.0225. The van der Waals surface area contributed by atoms with Crippen molar-refractivity contribution in [3.05, 3.63) is 41.1 Å². The van der Waals surface area contributed by atoms with E-state index in [1.165, 1.54) is 30.0 Å². The number of hydrogen-bond acceptors (Lipinski definition) is 8. The fourth-order valence-electron chi connectivity index (χ4n) is 6.20. The summed E-state index contributed by atoms with van der Waals surface area (Å²) >= 11 is 0. The maximum absolute atomic E-state index is 14.0. The summed E-state index contributed by atoms with van der Waals surface area (Å²) in [7, 11) is 1.24. The van der Waals surface area contributed by atoms with Crippen LogP contribution >= 0.6 is 0 Å². The fourth-order valence-corrected chi connectivity index (χ4v) is 6.20. The standard InChI is InChI=1S/C27H29F5N8O4/c1-33-23(42)25(10-17(27(30,31)32)36-24(25)43)9-13-8-18-35-16(12-40(18)34-11-13)19(15-4-6-26(28,29)7-5-15)37-22(41)21-20(14-2-3-14)38-44-39-21/h8,11-12,14-15,17,19H,2-7,9-10H2,1H3,(H,33,42)(H,36,43)(H,37,41)/t17-,19-,25-/m0/s1. The van der Waals surface area contributed by atoms with Crippen LogP contribution in [0.15, 0.2) is 23.1 Å². The highest BCUT2D eigenvalue weighted by Crippen LogP contribution is 2.43. The molecule has 3 aliphatic rings. The van der Waals surface area contributed by atoms with Gasteiger partial charge in [-0.05, 0) is 61.2 Å². The molecule has 6 rings (SSSR count). The number of hydrogen-bond donors (Lipinski definition) is 3. The molecule has 236 valence electrons. The van der Waals surface area contributed by atoms with Crippen molar-refractivity contribution in [3.63, 3.8) is 0 Å². The number of carbonyl (C=O) groups excluding carboxylic acids is 3. The molecule has 12 nitrogen and oxygen atoms in total. The predicted octanol–water partition coefficient (Wildman–Crippen LogP) is 3.01. The largest absolute Gasteiger partial charge is 0.408 e. The summed E-state index contributed by atoms with van der Waals surface area (Å²) in [5.74, 6) is -5.64. The van der Waals surface area contributed by atoms with Gasteiger partial charge in [0.2, 0.25) is 17.7 Å². The van der Waals surface area contributed by atoms with E-state index in [2.05, 4.69) is 31.0 Å². The maximum Gasteiger partial charge on any atom is 0.408 e. The van der Waals surface area contributed by atoms with Gasteiger partial charge in [0.05, 0.1) is 24.1 Å². The van der Waals surface area contributed by atoms with Crippen molar-refractivity contribution in [1.29, 1.82) is 0 Å². The second kappa shape index (κ2) is 10.8. The predicted molar refractivity (Wildman–Crippen MR) is 139 cm³/mol. The van der Waals surface area contributed by atoms with Crippen LogP contribution in [0.4, 0.5) is 22.0 Å². The van der Waals surface area contributed by atoms with E-state index >= 15 is 0 Å². The monoisotopic (exact) mass is 624 g/mol. The van der Waals surface area contributed by atoms with Crippen molar-refractivity contribution >= 4 is 23.4 Å². The lowest BCUT2D eigenvalue weighted by Crippen LogP contribution is -2.46. The molecule has 0 spiro atoms. The molecule has 1 saturated heterocycles. The van der Waals surface area contributed by atoms with Crippen LogP contribution in [-0.2, 0) is 16.0 Å². The molecule has 2 aliphatic carbocycles. The minimum Gasteiger partial charge on any atom is -0.358 e. The van der Waals surface area contributed by atoms with Crippen molar-refractivity contribution in [2.45, 2.75) is 81.5 Å². The van der Waals surface area contributed by atoms with Gasteiger partial charge in [0.1, 0.15) is 17.2 Å². The zero-order chi connectivity index (χ0) is 31.4. The van der Waals surface area contributed by atoms with E-state index < -0.39 is 59.7 Å². The van der Waals surface area contributed by atoms with Crippen LogP contribution in [0, 0.1) is 11.3 Å². The second-order valence-corrected chi connectivity index (χ2v) is 11.9. The molecule has 4 heterocycles. The third-order valence-electron chi connectivity index (χ3n) is 8.78. The number of nitrogens with zero attached hydrogens (tertiary/aromatic N) is 5. The van der Waals surface area contributed by atoms with Crippen LogP contribution < -0.4 is 16.0 Å². The normalized spacial score (nSPS) is 24.7. The Bertz CT molecular complexity index is 1590. The van der Waals surface area contributed by atoms with Crippen molar-refractivity contribution in [3.8, 4) is 0 Å². The van der Waals surface area contributed by atoms with Crippen LogP contribution in [0.3, 0.4) is 0 Å². The maximum atomic E-state index is 14.0. The Balaban J connectivity index is 1.30. The Labute approximate surface area is 246 Å². The van der Waals surface area contributed by atoms with Gasteiger partial charge in [-0.3, -0.25) is 14.4 Å². The van der Waals surface area contributed by atoms with Crippen molar-refractivity contribution in [2.75, 3.05) is 7.05 Å². The molecule has 3 N–H and O–H groups in total. The van der Waals surface area contributed by atoms with E-state index in [1.54, 1.807) is 0 Å². The molecule has 3 aromatic rings. The third-order valence-corrected chi connectivity index (χ3v) is 8.78. The topological polar surface area (TPSA) is 156 Å². The Morgan fingerprint density at radius 1 is 1.18 bits per heavy atom. The summed E-state index contributed by atoms with van der Waals surface area (Å²) in [5.41, 5.74) is -0.756. The molecule has 3 aromatic heterocycles. The van der Waals surface area contributed by atoms with E-state index in [4.69, 9.17) is 4.63 Å². The number of halogens is 5. The minimum atomic E-state index is -4.74. The zero-order valence-corrected chi connectivity index (χ0v) is 23.5. The Morgan fingerprint density at radius 3 is 2.55 bits per heavy atom. The average molecular weight is 625 g/mol. The van der Waals surface area contributed by atoms with Gasteiger partial charge in [-0.1, -0.05) is 5.16 Å². The van der Waals surface area contributed by atoms with Crippen LogP contribution in [-0.4, -0.2) is 67.8 Å². The molecular weight excluding hydrogens is 595 g/mol. The Morgan fingerprint density at radius 2 is 1.91 bits per heavy atom. The number of nitrogens with one attached hydrogen (secondary N) is 3. The molecule has 2 saturated carbocycles. The first-order valence-electron chi connectivity index (χ1n) is 14.2. The summed E-state index contributed by atoms with van der Waals surface area (Å²) < 4.78 is 74.6. The Kier molecular flexibility index (Phi) is 7.31. The lowest BCUT2D eigenvalue weighted by atomic mass is 9.78. The van der Waals surface area contributed by atoms with Gasteiger partial charge in [-0.2, -0.15) is 18.3 Å². The number of alkyl halides is 5. The highest BCUT2D eigenvalue weighted by molar-refractivity contribution is 6.07. The smallest absolute Gasteiger partial charge is 0.358 e. The number of imidazole rings is 1. The van der Waals surface area contributed by atoms with E-state index in [0.29, 0.717) is 11.4 Å². The molecule has 0 unspecified atom stereocenters. The van der Waals surface area contributed by atoms with Crippen molar-refractivity contribution < 1.29 is 41.0 Å². The van der Waals surface area contributed by atoms with E-state index in [0.717, 1.165) is 12.8 Å². The van der Waals surface area contributed by atoms with Gasteiger partial charge in [0.15, 0.2) is 11.3 Å². The van der Waals surface area contributed by atoms with Crippen LogP contribution in [0.2, 0.25) is 0 Å². The first kappa shape index (κ1) is 29.9. The molecule has 3 atom stereocenters. The molecule has 0 radical (unpaired) electrons. The summed E-state index contributed by atoms with van der Waals surface area (Å²) in [5, 5.41) is 18.9. The van der Waals surface area contributed by atoms with E-state index in [9.17, 15) is 36.3 Å². The van der Waals surface area contributed by atoms with Crippen molar-refractivity contribution in [1.82, 2.24) is 40.9 Å². The average Bonchev–Trinajstić information content (AvgIpc) is 3.37. The van der Waals surface area contributed by atoms with Gasteiger partial charge in [0, 0.05) is 25.8 Å². The molecule has 44 heavy (non-hydrogen) atoms. The molecule has 17 heteroatoms. The van der Waals surface area contributed by atoms with E-state index in [1.807, 2.05) is 5.32 Å². The number of rotatable bonds is 8. The summed E-state index contributed by atoms with van der Waals surface area (Å²) in [6, 6.07) is -1.51. The molecule has 0 bridgehead atoms.